The summed E-state index contributed by atoms with van der Waals surface area (Å²) in [6.45, 7) is 4.04. The minimum Gasteiger partial charge on any atom is -0.493 e. The van der Waals surface area contributed by atoms with Crippen LogP contribution in [0.4, 0.5) is 0 Å². The number of nitrogens with zero attached hydrogens (tertiary/aromatic N) is 1. The lowest BCUT2D eigenvalue weighted by Crippen LogP contribution is -2.35. The number of likely N-dealkylation sites (tertiary alicyclic amines) is 1. The average molecular weight is 292 g/mol. The molecule has 5 nitrogen and oxygen atoms in total. The maximum atomic E-state index is 11.6. The third kappa shape index (κ3) is 6.60. The maximum absolute atomic E-state index is 11.6. The second kappa shape index (κ2) is 9.37. The van der Waals surface area contributed by atoms with Crippen LogP contribution < -0.4 is 10.2 Å². The van der Waals surface area contributed by atoms with Crippen LogP contribution in [0.3, 0.4) is 0 Å². The van der Waals surface area contributed by atoms with Gasteiger partial charge in [0.25, 0.3) is 0 Å². The fourth-order valence-corrected chi connectivity index (χ4v) is 2.32. The van der Waals surface area contributed by atoms with E-state index in [-0.39, 0.29) is 5.91 Å². The molecule has 1 heterocycles. The summed E-state index contributed by atoms with van der Waals surface area (Å²) in [6.07, 6.45) is 4.15. The van der Waals surface area contributed by atoms with Crippen molar-refractivity contribution in [3.05, 3.63) is 30.3 Å². The van der Waals surface area contributed by atoms with Gasteiger partial charge in [0.15, 0.2) is 0 Å². The van der Waals surface area contributed by atoms with Crippen molar-refractivity contribution in [3.8, 4) is 5.75 Å². The minimum atomic E-state index is -0.149. The van der Waals surface area contributed by atoms with Crippen LogP contribution in [0.2, 0.25) is 0 Å². The summed E-state index contributed by atoms with van der Waals surface area (Å²) in [7, 11) is 0. The summed E-state index contributed by atoms with van der Waals surface area (Å²) in [6, 6.07) is 9.47. The lowest BCUT2D eigenvalue weighted by atomic mass is 10.1. The SMILES string of the molecule is O=C(CCOc1ccccc1)NOCCN1CCCCC1. The Morgan fingerprint density at radius 1 is 1.10 bits per heavy atom. The molecule has 0 radical (unpaired) electrons. The van der Waals surface area contributed by atoms with E-state index in [0.29, 0.717) is 19.6 Å². The fraction of sp³-hybridized carbons (Fsp3) is 0.562. The lowest BCUT2D eigenvalue weighted by Gasteiger charge is -2.25. The number of nitrogens with one attached hydrogen (secondary N) is 1. The average Bonchev–Trinajstić information content (AvgIpc) is 2.54. The molecule has 1 amide bonds. The standard InChI is InChI=1S/C16H24N2O3/c19-16(9-13-20-15-7-3-1-4-8-15)17-21-14-12-18-10-5-2-6-11-18/h1,3-4,7-8H,2,5-6,9-14H2,(H,17,19). The minimum absolute atomic E-state index is 0.149. The third-order valence-corrected chi connectivity index (χ3v) is 3.49. The van der Waals surface area contributed by atoms with Gasteiger partial charge in [0.05, 0.1) is 19.6 Å². The number of benzene rings is 1. The summed E-state index contributed by atoms with van der Waals surface area (Å²) in [5, 5.41) is 0. The van der Waals surface area contributed by atoms with Crippen molar-refractivity contribution >= 4 is 5.91 Å². The number of hydrogen-bond acceptors (Lipinski definition) is 4. The van der Waals surface area contributed by atoms with Crippen molar-refractivity contribution in [1.29, 1.82) is 0 Å². The number of para-hydroxylation sites is 1. The molecule has 0 spiro atoms. The molecule has 0 bridgehead atoms. The highest BCUT2D eigenvalue weighted by molar-refractivity contribution is 5.74. The Labute approximate surface area is 126 Å². The van der Waals surface area contributed by atoms with Crippen molar-refractivity contribution in [1.82, 2.24) is 10.4 Å². The predicted molar refractivity (Wildman–Crippen MR) is 80.9 cm³/mol. The molecular formula is C16H24N2O3. The van der Waals surface area contributed by atoms with E-state index in [2.05, 4.69) is 10.4 Å². The topological polar surface area (TPSA) is 50.8 Å². The van der Waals surface area contributed by atoms with Crippen molar-refractivity contribution in [2.75, 3.05) is 32.8 Å². The number of carbonyl (C=O) groups is 1. The Kier molecular flexibility index (Phi) is 7.04. The summed E-state index contributed by atoms with van der Waals surface area (Å²) < 4.78 is 5.45. The summed E-state index contributed by atoms with van der Waals surface area (Å²) >= 11 is 0. The largest absolute Gasteiger partial charge is 0.493 e. The van der Waals surface area contributed by atoms with Crippen LogP contribution in [0.1, 0.15) is 25.7 Å². The first-order valence-corrected chi connectivity index (χ1v) is 7.65. The number of rotatable bonds is 8. The zero-order chi connectivity index (χ0) is 14.8. The van der Waals surface area contributed by atoms with Crippen LogP contribution in [0, 0.1) is 0 Å². The van der Waals surface area contributed by atoms with Crippen LogP contribution in [-0.4, -0.2) is 43.7 Å². The van der Waals surface area contributed by atoms with Crippen LogP contribution in [-0.2, 0) is 9.63 Å². The molecule has 1 aromatic carbocycles. The normalized spacial score (nSPS) is 15.6. The Morgan fingerprint density at radius 3 is 2.62 bits per heavy atom. The summed E-state index contributed by atoms with van der Waals surface area (Å²) in [5.74, 6) is 0.626. The highest BCUT2D eigenvalue weighted by Gasteiger charge is 2.09. The van der Waals surface area contributed by atoms with Gasteiger partial charge in [0.1, 0.15) is 5.75 Å². The van der Waals surface area contributed by atoms with Gasteiger partial charge in [-0.05, 0) is 38.1 Å². The first kappa shape index (κ1) is 15.8. The fourth-order valence-electron chi connectivity index (χ4n) is 2.32. The molecule has 1 aromatic rings. The van der Waals surface area contributed by atoms with Crippen LogP contribution >= 0.6 is 0 Å². The highest BCUT2D eigenvalue weighted by Crippen LogP contribution is 2.08. The summed E-state index contributed by atoms with van der Waals surface area (Å²) in [5.41, 5.74) is 2.46. The van der Waals surface area contributed by atoms with E-state index in [1.54, 1.807) is 0 Å². The van der Waals surface area contributed by atoms with E-state index < -0.39 is 0 Å². The predicted octanol–water partition coefficient (Wildman–Crippen LogP) is 1.99. The smallest absolute Gasteiger partial charge is 0.246 e. The van der Waals surface area contributed by atoms with Gasteiger partial charge in [-0.15, -0.1) is 0 Å². The first-order valence-electron chi connectivity index (χ1n) is 7.65. The van der Waals surface area contributed by atoms with Crippen molar-refractivity contribution in [3.63, 3.8) is 0 Å². The van der Waals surface area contributed by atoms with Gasteiger partial charge in [-0.2, -0.15) is 0 Å². The third-order valence-electron chi connectivity index (χ3n) is 3.49. The molecule has 1 aliphatic heterocycles. The first-order chi connectivity index (χ1) is 10.3. The number of amides is 1. The Balaban J connectivity index is 1.47. The zero-order valence-electron chi connectivity index (χ0n) is 12.4. The highest BCUT2D eigenvalue weighted by atomic mass is 16.7. The number of hydroxylamine groups is 1. The van der Waals surface area contributed by atoms with Gasteiger partial charge in [-0.25, -0.2) is 5.48 Å². The van der Waals surface area contributed by atoms with E-state index in [4.69, 9.17) is 9.57 Å². The van der Waals surface area contributed by atoms with Crippen LogP contribution in [0.5, 0.6) is 5.75 Å². The molecule has 0 saturated carbocycles. The Morgan fingerprint density at radius 2 is 1.86 bits per heavy atom. The van der Waals surface area contributed by atoms with E-state index >= 15 is 0 Å². The molecule has 21 heavy (non-hydrogen) atoms. The molecule has 1 aliphatic rings. The van der Waals surface area contributed by atoms with E-state index in [0.717, 1.165) is 25.4 Å². The number of carbonyl (C=O) groups excluding carboxylic acids is 1. The van der Waals surface area contributed by atoms with Crippen LogP contribution in [0.15, 0.2) is 30.3 Å². The molecular weight excluding hydrogens is 268 g/mol. The Hall–Kier alpha value is -1.59. The van der Waals surface area contributed by atoms with Gasteiger partial charge in [-0.1, -0.05) is 24.6 Å². The molecule has 1 saturated heterocycles. The van der Waals surface area contributed by atoms with Crippen LogP contribution in [0.25, 0.3) is 0 Å². The molecule has 0 aliphatic carbocycles. The van der Waals surface area contributed by atoms with Gasteiger partial charge in [0.2, 0.25) is 5.91 Å². The van der Waals surface area contributed by atoms with E-state index in [9.17, 15) is 4.79 Å². The van der Waals surface area contributed by atoms with E-state index in [1.165, 1.54) is 19.3 Å². The number of piperidine rings is 1. The maximum Gasteiger partial charge on any atom is 0.246 e. The lowest BCUT2D eigenvalue weighted by molar-refractivity contribution is -0.134. The second-order valence-electron chi connectivity index (χ2n) is 5.19. The molecule has 0 atom stereocenters. The van der Waals surface area contributed by atoms with E-state index in [1.807, 2.05) is 30.3 Å². The molecule has 0 aromatic heterocycles. The molecule has 0 unspecified atom stereocenters. The molecule has 1 fully saturated rings. The number of ether oxygens (including phenoxy) is 1. The van der Waals surface area contributed by atoms with Gasteiger partial charge >= 0.3 is 0 Å². The van der Waals surface area contributed by atoms with Gasteiger partial charge in [-0.3, -0.25) is 9.63 Å². The molecule has 2 rings (SSSR count). The molecule has 1 N–H and O–H groups in total. The second-order valence-corrected chi connectivity index (χ2v) is 5.19. The Bertz CT molecular complexity index is 405. The summed E-state index contributed by atoms with van der Waals surface area (Å²) in [4.78, 5) is 19.1. The monoisotopic (exact) mass is 292 g/mol. The van der Waals surface area contributed by atoms with Crippen molar-refractivity contribution < 1.29 is 14.4 Å². The quantitative estimate of drug-likeness (QED) is 0.588. The zero-order valence-corrected chi connectivity index (χ0v) is 12.4. The van der Waals surface area contributed by atoms with Crippen molar-refractivity contribution in [2.45, 2.75) is 25.7 Å². The van der Waals surface area contributed by atoms with Crippen molar-refractivity contribution in [2.24, 2.45) is 0 Å². The molecule has 116 valence electrons. The van der Waals surface area contributed by atoms with Gasteiger partial charge in [0, 0.05) is 6.54 Å². The number of hydrogen-bond donors (Lipinski definition) is 1. The van der Waals surface area contributed by atoms with Gasteiger partial charge < -0.3 is 9.64 Å². The molecule has 5 heteroatoms.